The summed E-state index contributed by atoms with van der Waals surface area (Å²) in [6, 6.07) is 3.51. The van der Waals surface area contributed by atoms with Crippen LogP contribution in [-0.4, -0.2) is 36.0 Å². The topological polar surface area (TPSA) is 57.6 Å². The van der Waals surface area contributed by atoms with Gasteiger partial charge in [-0.25, -0.2) is 12.8 Å². The summed E-state index contributed by atoms with van der Waals surface area (Å²) >= 11 is 0. The molecule has 4 nitrogen and oxygen atoms in total. The van der Waals surface area contributed by atoms with Crippen molar-refractivity contribution < 1.29 is 17.9 Å². The van der Waals surface area contributed by atoms with E-state index in [0.29, 0.717) is 18.4 Å². The minimum Gasteiger partial charge on any atom is -0.393 e. The average molecular weight is 299 g/mol. The van der Waals surface area contributed by atoms with Gasteiger partial charge in [-0.05, 0) is 56.4 Å². The van der Waals surface area contributed by atoms with Gasteiger partial charge in [-0.3, -0.25) is 0 Å². The lowest BCUT2D eigenvalue weighted by Crippen LogP contribution is -2.47. The number of hydrogen-bond donors (Lipinski definition) is 1. The molecule has 3 rings (SSSR count). The van der Waals surface area contributed by atoms with Crippen LogP contribution in [0.2, 0.25) is 0 Å². The Morgan fingerprint density at radius 2 is 1.85 bits per heavy atom. The van der Waals surface area contributed by atoms with Gasteiger partial charge < -0.3 is 5.11 Å². The number of fused-ring (bicyclic) bond motifs is 2. The summed E-state index contributed by atoms with van der Waals surface area (Å²) in [5.74, 6) is -0.432. The highest BCUT2D eigenvalue weighted by molar-refractivity contribution is 7.89. The molecule has 2 fully saturated rings. The Balaban J connectivity index is 2.01. The Hall–Kier alpha value is -0.980. The zero-order valence-electron chi connectivity index (χ0n) is 11.3. The maximum absolute atomic E-state index is 13.2. The maximum atomic E-state index is 13.2. The summed E-state index contributed by atoms with van der Waals surface area (Å²) in [6.07, 6.45) is 2.17. The van der Waals surface area contributed by atoms with Crippen LogP contribution >= 0.6 is 0 Å². The molecule has 2 aliphatic heterocycles. The molecule has 0 saturated carbocycles. The molecule has 1 N–H and O–H groups in total. The molecule has 2 aliphatic rings. The van der Waals surface area contributed by atoms with Crippen molar-refractivity contribution in [3.8, 4) is 0 Å². The molecule has 2 unspecified atom stereocenters. The van der Waals surface area contributed by atoms with E-state index in [2.05, 4.69) is 0 Å². The number of aliphatic hydroxyl groups excluding tert-OH is 1. The molecule has 1 aromatic carbocycles. The summed E-state index contributed by atoms with van der Waals surface area (Å²) in [7, 11) is -3.61. The fourth-order valence-electron chi connectivity index (χ4n) is 3.51. The van der Waals surface area contributed by atoms with E-state index in [0.717, 1.165) is 12.8 Å². The lowest BCUT2D eigenvalue weighted by molar-refractivity contribution is 0.0768. The zero-order chi connectivity index (χ0) is 14.5. The summed E-state index contributed by atoms with van der Waals surface area (Å²) in [5, 5.41) is 9.76. The van der Waals surface area contributed by atoms with Crippen molar-refractivity contribution in [2.45, 2.75) is 55.7 Å². The lowest BCUT2D eigenvalue weighted by Gasteiger charge is -2.36. The van der Waals surface area contributed by atoms with Crippen molar-refractivity contribution in [2.75, 3.05) is 0 Å². The van der Waals surface area contributed by atoms with Gasteiger partial charge in [-0.15, -0.1) is 0 Å². The number of benzene rings is 1. The van der Waals surface area contributed by atoms with Crippen molar-refractivity contribution in [1.82, 2.24) is 4.31 Å². The monoisotopic (exact) mass is 299 g/mol. The minimum atomic E-state index is -3.61. The molecule has 0 radical (unpaired) electrons. The van der Waals surface area contributed by atoms with Crippen LogP contribution in [0.1, 0.15) is 31.2 Å². The van der Waals surface area contributed by atoms with Gasteiger partial charge >= 0.3 is 0 Å². The van der Waals surface area contributed by atoms with Crippen molar-refractivity contribution in [2.24, 2.45) is 0 Å². The van der Waals surface area contributed by atoms with Gasteiger partial charge in [-0.1, -0.05) is 0 Å². The number of nitrogens with zero attached hydrogens (tertiary/aromatic N) is 1. The molecule has 0 aromatic heterocycles. The first-order valence-corrected chi connectivity index (χ1v) is 8.31. The van der Waals surface area contributed by atoms with Crippen LogP contribution in [0.15, 0.2) is 23.1 Å². The number of aliphatic hydroxyl groups is 1. The van der Waals surface area contributed by atoms with Crippen LogP contribution < -0.4 is 0 Å². The molecular formula is C14H18FNO3S. The zero-order valence-corrected chi connectivity index (χ0v) is 12.1. The third kappa shape index (κ3) is 2.16. The number of halogens is 1. The van der Waals surface area contributed by atoms with Crippen LogP contribution in [0.25, 0.3) is 0 Å². The van der Waals surface area contributed by atoms with E-state index in [1.165, 1.54) is 18.2 Å². The Morgan fingerprint density at radius 3 is 2.40 bits per heavy atom. The van der Waals surface area contributed by atoms with Gasteiger partial charge in [0.1, 0.15) is 5.82 Å². The van der Waals surface area contributed by atoms with Crippen molar-refractivity contribution >= 4 is 10.0 Å². The molecule has 110 valence electrons. The molecule has 0 aliphatic carbocycles. The van der Waals surface area contributed by atoms with E-state index in [-0.39, 0.29) is 17.0 Å². The second-order valence-corrected chi connectivity index (χ2v) is 7.57. The van der Waals surface area contributed by atoms with Gasteiger partial charge in [-0.2, -0.15) is 4.31 Å². The first-order chi connectivity index (χ1) is 9.39. The second-order valence-electron chi connectivity index (χ2n) is 5.76. The SMILES string of the molecule is Cc1cc(F)ccc1S(=O)(=O)N1C2CCC1CC(O)C2. The van der Waals surface area contributed by atoms with E-state index < -0.39 is 21.9 Å². The van der Waals surface area contributed by atoms with Crippen LogP contribution in [0.4, 0.5) is 4.39 Å². The number of piperidine rings is 1. The van der Waals surface area contributed by atoms with E-state index in [9.17, 15) is 17.9 Å². The molecule has 6 heteroatoms. The molecule has 1 aromatic rings. The Bertz CT molecular complexity index is 617. The van der Waals surface area contributed by atoms with Crippen LogP contribution in [0.5, 0.6) is 0 Å². The Labute approximate surface area is 118 Å². The number of hydrogen-bond acceptors (Lipinski definition) is 3. The second kappa shape index (κ2) is 4.79. The molecular weight excluding hydrogens is 281 g/mol. The third-order valence-electron chi connectivity index (χ3n) is 4.33. The Morgan fingerprint density at radius 1 is 1.25 bits per heavy atom. The number of sulfonamides is 1. The molecule has 2 saturated heterocycles. The number of aryl methyl sites for hydroxylation is 1. The fourth-order valence-corrected chi connectivity index (χ4v) is 5.61. The van der Waals surface area contributed by atoms with E-state index in [4.69, 9.17) is 0 Å². The average Bonchev–Trinajstić information content (AvgIpc) is 2.62. The number of rotatable bonds is 2. The highest BCUT2D eigenvalue weighted by atomic mass is 32.2. The van der Waals surface area contributed by atoms with Crippen molar-refractivity contribution in [1.29, 1.82) is 0 Å². The molecule has 2 bridgehead atoms. The lowest BCUT2D eigenvalue weighted by atomic mass is 10.0. The molecule has 0 amide bonds. The van der Waals surface area contributed by atoms with E-state index >= 15 is 0 Å². The van der Waals surface area contributed by atoms with Gasteiger partial charge in [0.05, 0.1) is 11.0 Å². The summed E-state index contributed by atoms with van der Waals surface area (Å²) < 4.78 is 40.3. The normalized spacial score (nSPS) is 30.6. The highest BCUT2D eigenvalue weighted by Crippen LogP contribution is 2.40. The fraction of sp³-hybridized carbons (Fsp3) is 0.571. The quantitative estimate of drug-likeness (QED) is 0.906. The first-order valence-electron chi connectivity index (χ1n) is 6.87. The van der Waals surface area contributed by atoms with E-state index in [1.807, 2.05) is 0 Å². The van der Waals surface area contributed by atoms with Gasteiger partial charge in [0.25, 0.3) is 0 Å². The summed E-state index contributed by atoms with van der Waals surface area (Å²) in [5.41, 5.74) is 0.426. The third-order valence-corrected chi connectivity index (χ3v) is 6.50. The van der Waals surface area contributed by atoms with Crippen molar-refractivity contribution in [3.63, 3.8) is 0 Å². The minimum absolute atomic E-state index is 0.127. The van der Waals surface area contributed by atoms with Gasteiger partial charge in [0, 0.05) is 12.1 Å². The summed E-state index contributed by atoms with van der Waals surface area (Å²) in [4.78, 5) is 0.173. The predicted molar refractivity (Wildman–Crippen MR) is 72.2 cm³/mol. The predicted octanol–water partition coefficient (Wildman–Crippen LogP) is 1.81. The molecule has 2 heterocycles. The molecule has 20 heavy (non-hydrogen) atoms. The smallest absolute Gasteiger partial charge is 0.243 e. The molecule has 0 spiro atoms. The van der Waals surface area contributed by atoms with Crippen LogP contribution in [0, 0.1) is 12.7 Å². The first kappa shape index (κ1) is 14.0. The van der Waals surface area contributed by atoms with E-state index in [1.54, 1.807) is 11.2 Å². The largest absolute Gasteiger partial charge is 0.393 e. The van der Waals surface area contributed by atoms with Gasteiger partial charge in [0.2, 0.25) is 10.0 Å². The maximum Gasteiger partial charge on any atom is 0.243 e. The summed E-state index contributed by atoms with van der Waals surface area (Å²) in [6.45, 7) is 1.61. The standard InChI is InChI=1S/C14H18FNO3S/c1-9-6-10(15)2-5-14(9)20(18,19)16-11-3-4-12(16)8-13(17)7-11/h2,5-6,11-13,17H,3-4,7-8H2,1H3. The van der Waals surface area contributed by atoms with Crippen LogP contribution in [-0.2, 0) is 10.0 Å². The van der Waals surface area contributed by atoms with Gasteiger partial charge in [0.15, 0.2) is 0 Å². The van der Waals surface area contributed by atoms with Crippen molar-refractivity contribution in [3.05, 3.63) is 29.6 Å². The molecule has 2 atom stereocenters. The highest BCUT2D eigenvalue weighted by Gasteiger charge is 2.47. The Kier molecular flexibility index (Phi) is 3.35. The van der Waals surface area contributed by atoms with Crippen LogP contribution in [0.3, 0.4) is 0 Å².